The predicted octanol–water partition coefficient (Wildman–Crippen LogP) is 2.65. The third-order valence-corrected chi connectivity index (χ3v) is 5.64. The van der Waals surface area contributed by atoms with E-state index < -0.39 is 0 Å². The number of methoxy groups -OCH3 is 1. The van der Waals surface area contributed by atoms with E-state index in [0.29, 0.717) is 6.54 Å². The number of halogens is 2. The number of nitrogens with two attached hydrogens (primary N) is 1. The number of benzene rings is 1. The second kappa shape index (κ2) is 6.20. The SMILES string of the molecule is COc1ccccc1C(CN)n1cnc(I)c1I. The van der Waals surface area contributed by atoms with Crippen molar-refractivity contribution < 1.29 is 4.74 Å². The molecule has 4 nitrogen and oxygen atoms in total. The van der Waals surface area contributed by atoms with Gasteiger partial charge in [-0.25, -0.2) is 4.98 Å². The molecule has 2 N–H and O–H groups in total. The van der Waals surface area contributed by atoms with Crippen molar-refractivity contribution in [1.82, 2.24) is 9.55 Å². The molecular formula is C12H13I2N3O. The molecule has 1 aromatic heterocycles. The van der Waals surface area contributed by atoms with Crippen molar-refractivity contribution in [3.05, 3.63) is 43.6 Å². The Kier molecular flexibility index (Phi) is 4.84. The molecule has 0 aliphatic heterocycles. The number of para-hydroxylation sites is 1. The van der Waals surface area contributed by atoms with Gasteiger partial charge in [-0.05, 0) is 51.2 Å². The summed E-state index contributed by atoms with van der Waals surface area (Å²) in [6, 6.07) is 7.99. The third-order valence-electron chi connectivity index (χ3n) is 2.75. The summed E-state index contributed by atoms with van der Waals surface area (Å²) in [5.74, 6) is 0.854. The Hall–Kier alpha value is -0.350. The van der Waals surface area contributed by atoms with E-state index in [9.17, 15) is 0 Å². The lowest BCUT2D eigenvalue weighted by atomic mass is 10.1. The highest BCUT2D eigenvalue weighted by Crippen LogP contribution is 2.29. The Morgan fingerprint density at radius 2 is 2.11 bits per heavy atom. The summed E-state index contributed by atoms with van der Waals surface area (Å²) in [7, 11) is 1.68. The lowest BCUT2D eigenvalue weighted by molar-refractivity contribution is 0.401. The van der Waals surface area contributed by atoms with Crippen molar-refractivity contribution >= 4 is 45.2 Å². The molecule has 0 fully saturated rings. The maximum Gasteiger partial charge on any atom is 0.132 e. The number of hydrogen-bond donors (Lipinski definition) is 1. The lowest BCUT2D eigenvalue weighted by Gasteiger charge is -2.20. The van der Waals surface area contributed by atoms with Gasteiger partial charge in [-0.15, -0.1) is 0 Å². The largest absolute Gasteiger partial charge is 0.496 e. The van der Waals surface area contributed by atoms with Crippen LogP contribution in [-0.4, -0.2) is 23.2 Å². The third kappa shape index (κ3) is 2.64. The average Bonchev–Trinajstić information content (AvgIpc) is 2.73. The molecule has 6 heteroatoms. The van der Waals surface area contributed by atoms with Crippen molar-refractivity contribution in [2.24, 2.45) is 5.73 Å². The van der Waals surface area contributed by atoms with Crippen molar-refractivity contribution in [3.63, 3.8) is 0 Å². The molecule has 1 atom stereocenters. The highest BCUT2D eigenvalue weighted by molar-refractivity contribution is 14.1. The Labute approximate surface area is 133 Å². The molecule has 1 unspecified atom stereocenters. The highest BCUT2D eigenvalue weighted by Gasteiger charge is 2.19. The van der Waals surface area contributed by atoms with Crippen LogP contribution in [0.5, 0.6) is 5.75 Å². The maximum atomic E-state index is 5.93. The molecule has 0 saturated heterocycles. The molecule has 0 bridgehead atoms. The zero-order valence-electron chi connectivity index (χ0n) is 9.81. The molecule has 96 valence electrons. The number of imidazole rings is 1. The van der Waals surface area contributed by atoms with Gasteiger partial charge in [0, 0.05) is 12.1 Å². The maximum absolute atomic E-state index is 5.93. The van der Waals surface area contributed by atoms with Crippen LogP contribution in [0.2, 0.25) is 0 Å². The Bertz CT molecular complexity index is 542. The van der Waals surface area contributed by atoms with Gasteiger partial charge in [0.15, 0.2) is 0 Å². The van der Waals surface area contributed by atoms with E-state index in [-0.39, 0.29) is 6.04 Å². The second-order valence-corrected chi connectivity index (χ2v) is 5.77. The molecule has 1 heterocycles. The molecule has 0 aliphatic rings. The number of ether oxygens (including phenoxy) is 1. The van der Waals surface area contributed by atoms with E-state index in [4.69, 9.17) is 10.5 Å². The van der Waals surface area contributed by atoms with Gasteiger partial charge in [0.25, 0.3) is 0 Å². The monoisotopic (exact) mass is 469 g/mol. The number of nitrogens with zero attached hydrogens (tertiary/aromatic N) is 2. The van der Waals surface area contributed by atoms with E-state index in [2.05, 4.69) is 54.7 Å². The highest BCUT2D eigenvalue weighted by atomic mass is 127. The molecule has 0 amide bonds. The van der Waals surface area contributed by atoms with E-state index >= 15 is 0 Å². The zero-order chi connectivity index (χ0) is 13.1. The summed E-state index contributed by atoms with van der Waals surface area (Å²) in [6.45, 7) is 0.503. The van der Waals surface area contributed by atoms with E-state index in [1.54, 1.807) is 7.11 Å². The van der Waals surface area contributed by atoms with Crippen LogP contribution in [0.25, 0.3) is 0 Å². The first-order valence-electron chi connectivity index (χ1n) is 5.39. The van der Waals surface area contributed by atoms with Crippen LogP contribution in [0, 0.1) is 7.40 Å². The minimum atomic E-state index is 0.0454. The fourth-order valence-corrected chi connectivity index (χ4v) is 2.88. The first-order chi connectivity index (χ1) is 8.69. The predicted molar refractivity (Wildman–Crippen MR) is 87.8 cm³/mol. The Balaban J connectivity index is 2.48. The van der Waals surface area contributed by atoms with Gasteiger partial charge >= 0.3 is 0 Å². The first kappa shape index (κ1) is 14.1. The second-order valence-electron chi connectivity index (χ2n) is 3.73. The van der Waals surface area contributed by atoms with Gasteiger partial charge < -0.3 is 15.0 Å². The average molecular weight is 469 g/mol. The summed E-state index contributed by atoms with van der Waals surface area (Å²) in [4.78, 5) is 4.31. The zero-order valence-corrected chi connectivity index (χ0v) is 14.1. The molecule has 0 radical (unpaired) electrons. The number of aromatic nitrogens is 2. The molecule has 2 aromatic rings. The van der Waals surface area contributed by atoms with Gasteiger partial charge in [-0.2, -0.15) is 0 Å². The van der Waals surface area contributed by atoms with Crippen LogP contribution < -0.4 is 10.5 Å². The summed E-state index contributed by atoms with van der Waals surface area (Å²) < 4.78 is 9.57. The molecule has 0 spiro atoms. The van der Waals surface area contributed by atoms with Crippen molar-refractivity contribution in [3.8, 4) is 5.75 Å². The minimum Gasteiger partial charge on any atom is -0.496 e. The van der Waals surface area contributed by atoms with Gasteiger partial charge in [0.1, 0.15) is 13.2 Å². The van der Waals surface area contributed by atoms with Crippen LogP contribution in [0.4, 0.5) is 0 Å². The topological polar surface area (TPSA) is 53.1 Å². The van der Waals surface area contributed by atoms with Crippen molar-refractivity contribution in [1.29, 1.82) is 0 Å². The van der Waals surface area contributed by atoms with E-state index in [1.165, 1.54) is 0 Å². The van der Waals surface area contributed by atoms with Gasteiger partial charge in [-0.3, -0.25) is 0 Å². The lowest BCUT2D eigenvalue weighted by Crippen LogP contribution is -2.21. The summed E-state index contributed by atoms with van der Waals surface area (Å²) in [6.07, 6.45) is 1.83. The Morgan fingerprint density at radius 3 is 2.67 bits per heavy atom. The fourth-order valence-electron chi connectivity index (χ4n) is 1.87. The first-order valence-corrected chi connectivity index (χ1v) is 7.55. The fraction of sp³-hybridized carbons (Fsp3) is 0.250. The summed E-state index contributed by atoms with van der Waals surface area (Å²) >= 11 is 4.51. The quantitative estimate of drug-likeness (QED) is 0.702. The minimum absolute atomic E-state index is 0.0454. The van der Waals surface area contributed by atoms with Crippen LogP contribution in [0.3, 0.4) is 0 Å². The van der Waals surface area contributed by atoms with Crippen LogP contribution in [0.1, 0.15) is 11.6 Å². The van der Waals surface area contributed by atoms with Crippen molar-refractivity contribution in [2.75, 3.05) is 13.7 Å². The molecule has 0 saturated carbocycles. The van der Waals surface area contributed by atoms with E-state index in [0.717, 1.165) is 18.7 Å². The molecule has 2 rings (SSSR count). The van der Waals surface area contributed by atoms with Crippen LogP contribution in [-0.2, 0) is 0 Å². The molecule has 18 heavy (non-hydrogen) atoms. The summed E-state index contributed by atoms with van der Waals surface area (Å²) in [5.41, 5.74) is 7.01. The van der Waals surface area contributed by atoms with Gasteiger partial charge in [-0.1, -0.05) is 18.2 Å². The molecular weight excluding hydrogens is 456 g/mol. The smallest absolute Gasteiger partial charge is 0.132 e. The van der Waals surface area contributed by atoms with Crippen LogP contribution in [0.15, 0.2) is 30.6 Å². The number of hydrogen-bond acceptors (Lipinski definition) is 3. The van der Waals surface area contributed by atoms with Crippen molar-refractivity contribution in [2.45, 2.75) is 6.04 Å². The summed E-state index contributed by atoms with van der Waals surface area (Å²) in [5, 5.41) is 0. The standard InChI is InChI=1S/C12H13I2N3O/c1-18-10-5-3-2-4-8(10)9(6-15)17-7-16-11(13)12(17)14/h2-5,7,9H,6,15H2,1H3. The molecule has 1 aromatic carbocycles. The Morgan fingerprint density at radius 1 is 1.39 bits per heavy atom. The van der Waals surface area contributed by atoms with Crippen LogP contribution >= 0.6 is 45.2 Å². The van der Waals surface area contributed by atoms with E-state index in [1.807, 2.05) is 30.6 Å². The number of rotatable bonds is 4. The normalized spacial score (nSPS) is 12.4. The molecule has 0 aliphatic carbocycles. The van der Waals surface area contributed by atoms with Gasteiger partial charge in [0.05, 0.1) is 19.5 Å². The van der Waals surface area contributed by atoms with Gasteiger partial charge in [0.2, 0.25) is 0 Å².